The van der Waals surface area contributed by atoms with Crippen molar-refractivity contribution in [2.24, 2.45) is 0 Å². The molecule has 1 heterocycles. The molecule has 1 aliphatic rings. The molecule has 1 aromatic heterocycles. The summed E-state index contributed by atoms with van der Waals surface area (Å²) in [6.45, 7) is 2.00. The molecule has 0 aliphatic heterocycles. The summed E-state index contributed by atoms with van der Waals surface area (Å²) in [6, 6.07) is 11.3. The predicted octanol–water partition coefficient (Wildman–Crippen LogP) is 4.35. The van der Waals surface area contributed by atoms with Crippen LogP contribution in [-0.4, -0.2) is 16.2 Å². The van der Waals surface area contributed by atoms with Crippen LogP contribution in [0.5, 0.6) is 0 Å². The van der Waals surface area contributed by atoms with Crippen LogP contribution in [0.1, 0.15) is 60.4 Å². The summed E-state index contributed by atoms with van der Waals surface area (Å²) in [6.07, 6.45) is 6.92. The Balaban J connectivity index is 1.58. The summed E-state index contributed by atoms with van der Waals surface area (Å²) in [4.78, 5) is 13.1. The van der Waals surface area contributed by atoms with Crippen LogP contribution in [0.2, 0.25) is 0 Å². The van der Waals surface area contributed by atoms with E-state index < -0.39 is 10.8 Å². The molecule has 1 fully saturated rings. The molecule has 1 saturated carbocycles. The van der Waals surface area contributed by atoms with Crippen LogP contribution in [0.25, 0.3) is 0 Å². The Bertz CT molecular complexity index is 728. The lowest BCUT2D eigenvalue weighted by Crippen LogP contribution is -2.34. The van der Waals surface area contributed by atoms with Crippen molar-refractivity contribution >= 4 is 16.7 Å². The number of nitrogens with one attached hydrogen (secondary N) is 1. The Morgan fingerprint density at radius 2 is 1.76 bits per heavy atom. The van der Waals surface area contributed by atoms with Crippen molar-refractivity contribution in [3.05, 3.63) is 53.5 Å². The minimum Gasteiger partial charge on any atom is -0.455 e. The highest BCUT2D eigenvalue weighted by Crippen LogP contribution is 2.19. The molecular weight excluding hydrogens is 334 g/mol. The van der Waals surface area contributed by atoms with Gasteiger partial charge in [0.2, 0.25) is 0 Å². The van der Waals surface area contributed by atoms with Gasteiger partial charge in [0.25, 0.3) is 5.91 Å². The monoisotopic (exact) mass is 359 g/mol. The minimum absolute atomic E-state index is 0.167. The average molecular weight is 359 g/mol. The standard InChI is InChI=1S/C20H25NO3S/c1-15-8-11-18(12-9-15)25(23)14-17-10-13-19(24-17)20(22)21-16-6-4-2-3-5-7-16/h8-13,16H,2-7,14H2,1H3,(H,21,22)/t25-/m1/s1. The molecule has 0 saturated heterocycles. The highest BCUT2D eigenvalue weighted by molar-refractivity contribution is 7.84. The van der Waals surface area contributed by atoms with Crippen LogP contribution < -0.4 is 5.32 Å². The van der Waals surface area contributed by atoms with Crippen molar-refractivity contribution in [2.45, 2.75) is 62.1 Å². The third-order valence-corrected chi connectivity index (χ3v) is 5.98. The van der Waals surface area contributed by atoms with Gasteiger partial charge < -0.3 is 9.73 Å². The molecule has 3 rings (SSSR count). The Morgan fingerprint density at radius 3 is 2.44 bits per heavy atom. The minimum atomic E-state index is -1.18. The van der Waals surface area contributed by atoms with E-state index in [4.69, 9.17) is 4.42 Å². The van der Waals surface area contributed by atoms with Crippen LogP contribution in [0.4, 0.5) is 0 Å². The molecule has 0 bridgehead atoms. The molecule has 5 heteroatoms. The maximum absolute atomic E-state index is 12.4. The van der Waals surface area contributed by atoms with Gasteiger partial charge in [0.15, 0.2) is 5.76 Å². The van der Waals surface area contributed by atoms with Gasteiger partial charge in [0.05, 0.1) is 16.6 Å². The average Bonchev–Trinajstić information content (AvgIpc) is 2.91. The van der Waals surface area contributed by atoms with Gasteiger partial charge in [-0.2, -0.15) is 0 Å². The van der Waals surface area contributed by atoms with Gasteiger partial charge in [0.1, 0.15) is 5.76 Å². The molecule has 4 nitrogen and oxygen atoms in total. The van der Waals surface area contributed by atoms with Crippen LogP contribution in [-0.2, 0) is 16.6 Å². The number of hydrogen-bond donors (Lipinski definition) is 1. The van der Waals surface area contributed by atoms with Gasteiger partial charge in [-0.25, -0.2) is 0 Å². The Hall–Kier alpha value is -1.88. The smallest absolute Gasteiger partial charge is 0.287 e. The van der Waals surface area contributed by atoms with Gasteiger partial charge >= 0.3 is 0 Å². The van der Waals surface area contributed by atoms with E-state index in [9.17, 15) is 9.00 Å². The first kappa shape index (κ1) is 17.9. The largest absolute Gasteiger partial charge is 0.455 e. The van der Waals surface area contributed by atoms with E-state index in [1.165, 1.54) is 25.7 Å². The number of furan rings is 1. The summed E-state index contributed by atoms with van der Waals surface area (Å²) >= 11 is 0. The lowest BCUT2D eigenvalue weighted by Gasteiger charge is -2.14. The molecule has 0 spiro atoms. The molecule has 1 aliphatic carbocycles. The van der Waals surface area contributed by atoms with Crippen LogP contribution in [0, 0.1) is 6.92 Å². The number of hydrogen-bond acceptors (Lipinski definition) is 3. The second-order valence-corrected chi connectivity index (χ2v) is 8.18. The molecular formula is C20H25NO3S. The zero-order valence-electron chi connectivity index (χ0n) is 14.6. The van der Waals surface area contributed by atoms with Crippen molar-refractivity contribution in [2.75, 3.05) is 0 Å². The summed E-state index contributed by atoms with van der Waals surface area (Å²) < 4.78 is 18.0. The summed E-state index contributed by atoms with van der Waals surface area (Å²) in [5.74, 6) is 0.990. The van der Waals surface area contributed by atoms with Gasteiger partial charge in [-0.1, -0.05) is 43.4 Å². The Morgan fingerprint density at radius 1 is 1.08 bits per heavy atom. The summed E-state index contributed by atoms with van der Waals surface area (Å²) in [5, 5.41) is 3.07. The van der Waals surface area contributed by atoms with E-state index in [2.05, 4.69) is 5.32 Å². The van der Waals surface area contributed by atoms with E-state index >= 15 is 0 Å². The zero-order valence-corrected chi connectivity index (χ0v) is 15.4. The number of benzene rings is 1. The van der Waals surface area contributed by atoms with Crippen LogP contribution in [0.3, 0.4) is 0 Å². The third-order valence-electron chi connectivity index (χ3n) is 4.63. The molecule has 0 unspecified atom stereocenters. The molecule has 25 heavy (non-hydrogen) atoms. The first-order chi connectivity index (χ1) is 12.1. The molecule has 1 N–H and O–H groups in total. The molecule has 1 atom stereocenters. The molecule has 2 aromatic rings. The number of aryl methyl sites for hydroxylation is 1. The van der Waals surface area contributed by atoms with E-state index in [1.807, 2.05) is 31.2 Å². The van der Waals surface area contributed by atoms with Gasteiger partial charge in [-0.15, -0.1) is 0 Å². The second kappa shape index (κ2) is 8.48. The summed E-state index contributed by atoms with van der Waals surface area (Å²) in [5.41, 5.74) is 1.14. The SMILES string of the molecule is Cc1ccc([S@](=O)Cc2ccc(C(=O)NC3CCCCCC3)o2)cc1. The van der Waals surface area contributed by atoms with Crippen LogP contribution in [0.15, 0.2) is 45.7 Å². The van der Waals surface area contributed by atoms with Gasteiger partial charge in [-0.05, 0) is 44.0 Å². The van der Waals surface area contributed by atoms with Gasteiger partial charge in [0, 0.05) is 10.9 Å². The van der Waals surface area contributed by atoms with E-state index in [1.54, 1.807) is 12.1 Å². The van der Waals surface area contributed by atoms with Gasteiger partial charge in [-0.3, -0.25) is 9.00 Å². The highest BCUT2D eigenvalue weighted by atomic mass is 32.2. The van der Waals surface area contributed by atoms with Crippen molar-refractivity contribution < 1.29 is 13.4 Å². The quantitative estimate of drug-likeness (QED) is 0.808. The first-order valence-electron chi connectivity index (χ1n) is 8.96. The second-order valence-electron chi connectivity index (χ2n) is 6.73. The molecule has 134 valence electrons. The fourth-order valence-corrected chi connectivity index (χ4v) is 4.18. The maximum atomic E-state index is 12.4. The topological polar surface area (TPSA) is 59.3 Å². The van der Waals surface area contributed by atoms with Crippen molar-refractivity contribution in [1.29, 1.82) is 0 Å². The van der Waals surface area contributed by atoms with Crippen LogP contribution >= 0.6 is 0 Å². The zero-order chi connectivity index (χ0) is 17.6. The number of amides is 1. The lowest BCUT2D eigenvalue weighted by atomic mass is 10.1. The number of rotatable bonds is 5. The van der Waals surface area contributed by atoms with E-state index in [-0.39, 0.29) is 17.7 Å². The normalized spacial score (nSPS) is 17.0. The number of carbonyl (C=O) groups is 1. The predicted molar refractivity (Wildman–Crippen MR) is 99.0 cm³/mol. The Labute approximate surface area is 151 Å². The maximum Gasteiger partial charge on any atom is 0.287 e. The molecule has 1 aromatic carbocycles. The third kappa shape index (κ3) is 5.05. The number of carbonyl (C=O) groups excluding carboxylic acids is 1. The Kier molecular flexibility index (Phi) is 6.08. The lowest BCUT2D eigenvalue weighted by molar-refractivity contribution is 0.0904. The van der Waals surface area contributed by atoms with E-state index in [0.717, 1.165) is 23.3 Å². The fourth-order valence-electron chi connectivity index (χ4n) is 3.16. The highest BCUT2D eigenvalue weighted by Gasteiger charge is 2.18. The molecule has 0 radical (unpaired) electrons. The van der Waals surface area contributed by atoms with Crippen molar-refractivity contribution in [3.63, 3.8) is 0 Å². The van der Waals surface area contributed by atoms with Crippen molar-refractivity contribution in [1.82, 2.24) is 5.32 Å². The summed E-state index contributed by atoms with van der Waals surface area (Å²) in [7, 11) is -1.18. The first-order valence-corrected chi connectivity index (χ1v) is 10.3. The molecule has 1 amide bonds. The fraction of sp³-hybridized carbons (Fsp3) is 0.450. The van der Waals surface area contributed by atoms with Crippen molar-refractivity contribution in [3.8, 4) is 0 Å². The van der Waals surface area contributed by atoms with E-state index in [0.29, 0.717) is 11.5 Å².